The van der Waals surface area contributed by atoms with Gasteiger partial charge >= 0.3 is 6.09 Å². The average molecular weight is 189 g/mol. The van der Waals surface area contributed by atoms with Crippen molar-refractivity contribution in [2.75, 3.05) is 6.61 Å². The maximum absolute atomic E-state index is 13.2. The number of carbonyl (C=O) groups is 1. The number of rotatable bonds is 3. The van der Waals surface area contributed by atoms with Crippen LogP contribution in [0.15, 0.2) is 12.2 Å². The number of hydrogen-bond donors (Lipinski definition) is 1. The molecule has 1 unspecified atom stereocenters. The number of halogens is 1. The molecule has 0 spiro atoms. The molecule has 2 N–H and O–H groups in total. The van der Waals surface area contributed by atoms with Crippen molar-refractivity contribution in [1.82, 2.24) is 0 Å². The molecule has 1 amide bonds. The molecular weight excluding hydrogens is 173 g/mol. The maximum atomic E-state index is 13.2. The predicted octanol–water partition coefficient (Wildman–Crippen LogP) is 2.02. The fourth-order valence-electron chi connectivity index (χ4n) is 0.594. The number of primary amides is 1. The first-order valence-electron chi connectivity index (χ1n) is 4.07. The van der Waals surface area contributed by atoms with Crippen LogP contribution in [0, 0.1) is 5.41 Å². The van der Waals surface area contributed by atoms with Crippen molar-refractivity contribution in [2.45, 2.75) is 26.9 Å². The molecule has 0 aromatic heterocycles. The molecule has 76 valence electrons. The molecule has 0 rings (SSSR count). The molecule has 0 aromatic carbocycles. The largest absolute Gasteiger partial charge is 0.445 e. The Labute approximate surface area is 77.7 Å². The van der Waals surface area contributed by atoms with Crippen molar-refractivity contribution >= 4 is 6.09 Å². The van der Waals surface area contributed by atoms with Crippen LogP contribution in [0.2, 0.25) is 0 Å². The van der Waals surface area contributed by atoms with Crippen LogP contribution in [-0.2, 0) is 4.74 Å². The highest BCUT2D eigenvalue weighted by molar-refractivity contribution is 5.64. The fraction of sp³-hybridized carbons (Fsp3) is 0.667. The molecule has 0 aliphatic heterocycles. The van der Waals surface area contributed by atoms with Crippen LogP contribution in [0.3, 0.4) is 0 Å². The standard InChI is InChI=1S/C9H16FNO2/c1-9(2,3)7(10)5-4-6-13-8(11)12/h4-5,7H,6H2,1-3H3,(H2,11,12). The van der Waals surface area contributed by atoms with Crippen molar-refractivity contribution in [1.29, 1.82) is 0 Å². The summed E-state index contributed by atoms with van der Waals surface area (Å²) >= 11 is 0. The molecule has 0 saturated carbocycles. The van der Waals surface area contributed by atoms with Gasteiger partial charge in [-0.25, -0.2) is 9.18 Å². The smallest absolute Gasteiger partial charge is 0.404 e. The molecule has 0 saturated heterocycles. The number of allylic oxidation sites excluding steroid dienone is 1. The van der Waals surface area contributed by atoms with Gasteiger partial charge in [-0.05, 0) is 11.5 Å². The Balaban J connectivity index is 3.79. The maximum Gasteiger partial charge on any atom is 0.404 e. The van der Waals surface area contributed by atoms with Gasteiger partial charge in [0.15, 0.2) is 0 Å². The van der Waals surface area contributed by atoms with E-state index in [1.807, 2.05) is 0 Å². The second-order valence-corrected chi connectivity index (χ2v) is 3.83. The molecule has 0 aromatic rings. The first kappa shape index (κ1) is 11.9. The summed E-state index contributed by atoms with van der Waals surface area (Å²) in [5.74, 6) is 0. The fourth-order valence-corrected chi connectivity index (χ4v) is 0.594. The quantitative estimate of drug-likeness (QED) is 0.690. The van der Waals surface area contributed by atoms with Gasteiger partial charge in [0.2, 0.25) is 0 Å². The van der Waals surface area contributed by atoms with Crippen molar-refractivity contribution in [2.24, 2.45) is 11.1 Å². The number of alkyl halides is 1. The predicted molar refractivity (Wildman–Crippen MR) is 49.0 cm³/mol. The molecule has 0 bridgehead atoms. The van der Waals surface area contributed by atoms with E-state index in [1.54, 1.807) is 20.8 Å². The Morgan fingerprint density at radius 2 is 2.15 bits per heavy atom. The molecule has 0 aliphatic rings. The Kier molecular flexibility index (Phi) is 4.45. The van der Waals surface area contributed by atoms with Gasteiger partial charge in [0, 0.05) is 0 Å². The van der Waals surface area contributed by atoms with Gasteiger partial charge < -0.3 is 10.5 Å². The molecule has 0 radical (unpaired) electrons. The van der Waals surface area contributed by atoms with E-state index in [4.69, 9.17) is 5.73 Å². The highest BCUT2D eigenvalue weighted by Gasteiger charge is 2.20. The zero-order valence-electron chi connectivity index (χ0n) is 8.21. The highest BCUT2D eigenvalue weighted by Crippen LogP contribution is 2.22. The normalized spacial score (nSPS) is 14.5. The van der Waals surface area contributed by atoms with Crippen molar-refractivity contribution in [3.05, 3.63) is 12.2 Å². The molecular formula is C9H16FNO2. The Hall–Kier alpha value is -1.06. The number of hydrogen-bond acceptors (Lipinski definition) is 2. The van der Waals surface area contributed by atoms with Gasteiger partial charge in [0.1, 0.15) is 12.8 Å². The van der Waals surface area contributed by atoms with E-state index in [0.29, 0.717) is 0 Å². The Morgan fingerprint density at radius 1 is 1.62 bits per heavy atom. The molecule has 4 heteroatoms. The lowest BCUT2D eigenvalue weighted by molar-refractivity contribution is 0.168. The molecule has 0 aliphatic carbocycles. The SMILES string of the molecule is CC(C)(C)C(F)C=CCOC(N)=O. The second kappa shape index (κ2) is 4.84. The lowest BCUT2D eigenvalue weighted by Crippen LogP contribution is -2.19. The minimum absolute atomic E-state index is 0.0197. The minimum atomic E-state index is -1.05. The van der Waals surface area contributed by atoms with Crippen LogP contribution >= 0.6 is 0 Å². The van der Waals surface area contributed by atoms with Gasteiger partial charge in [-0.3, -0.25) is 0 Å². The molecule has 1 atom stereocenters. The summed E-state index contributed by atoms with van der Waals surface area (Å²) < 4.78 is 17.6. The molecule has 13 heavy (non-hydrogen) atoms. The zero-order valence-corrected chi connectivity index (χ0v) is 8.21. The number of carbonyl (C=O) groups excluding carboxylic acids is 1. The van der Waals surface area contributed by atoms with Crippen LogP contribution in [0.5, 0.6) is 0 Å². The number of ether oxygens (including phenoxy) is 1. The summed E-state index contributed by atoms with van der Waals surface area (Å²) in [4.78, 5) is 10.1. The van der Waals surface area contributed by atoms with E-state index in [2.05, 4.69) is 4.74 Å². The van der Waals surface area contributed by atoms with E-state index >= 15 is 0 Å². The molecule has 0 fully saturated rings. The van der Waals surface area contributed by atoms with Crippen LogP contribution in [0.25, 0.3) is 0 Å². The van der Waals surface area contributed by atoms with Gasteiger partial charge in [0.05, 0.1) is 0 Å². The summed E-state index contributed by atoms with van der Waals surface area (Å²) in [5.41, 5.74) is 4.28. The molecule has 3 nitrogen and oxygen atoms in total. The summed E-state index contributed by atoms with van der Waals surface area (Å²) in [6.45, 7) is 5.39. The average Bonchev–Trinajstić information content (AvgIpc) is 1.95. The minimum Gasteiger partial charge on any atom is -0.445 e. The summed E-state index contributed by atoms with van der Waals surface area (Å²) in [5, 5.41) is 0. The summed E-state index contributed by atoms with van der Waals surface area (Å²) in [7, 11) is 0. The Morgan fingerprint density at radius 3 is 2.54 bits per heavy atom. The van der Waals surface area contributed by atoms with Crippen molar-refractivity contribution in [3.8, 4) is 0 Å². The van der Waals surface area contributed by atoms with E-state index in [-0.39, 0.29) is 6.61 Å². The lowest BCUT2D eigenvalue weighted by Gasteiger charge is -2.20. The van der Waals surface area contributed by atoms with E-state index in [9.17, 15) is 9.18 Å². The van der Waals surface area contributed by atoms with Crippen LogP contribution < -0.4 is 5.73 Å². The third kappa shape index (κ3) is 6.13. The lowest BCUT2D eigenvalue weighted by atomic mass is 9.90. The Bertz CT molecular complexity index is 196. The number of nitrogens with two attached hydrogens (primary N) is 1. The van der Waals surface area contributed by atoms with Gasteiger partial charge in [-0.2, -0.15) is 0 Å². The summed E-state index contributed by atoms with van der Waals surface area (Å²) in [6, 6.07) is 0. The third-order valence-electron chi connectivity index (χ3n) is 1.45. The zero-order chi connectivity index (χ0) is 10.5. The monoisotopic (exact) mass is 189 g/mol. The summed E-state index contributed by atoms with van der Waals surface area (Å²) in [6.07, 6.45) is 0.906. The highest BCUT2D eigenvalue weighted by atomic mass is 19.1. The van der Waals surface area contributed by atoms with E-state index in [1.165, 1.54) is 12.2 Å². The van der Waals surface area contributed by atoms with Crippen LogP contribution in [0.4, 0.5) is 9.18 Å². The van der Waals surface area contributed by atoms with Gasteiger partial charge in [-0.1, -0.05) is 26.8 Å². The number of amides is 1. The first-order chi connectivity index (χ1) is 5.84. The van der Waals surface area contributed by atoms with Crippen LogP contribution in [0.1, 0.15) is 20.8 Å². The van der Waals surface area contributed by atoms with E-state index < -0.39 is 17.7 Å². The van der Waals surface area contributed by atoms with Crippen molar-refractivity contribution in [3.63, 3.8) is 0 Å². The second-order valence-electron chi connectivity index (χ2n) is 3.83. The third-order valence-corrected chi connectivity index (χ3v) is 1.45. The van der Waals surface area contributed by atoms with E-state index in [0.717, 1.165) is 0 Å². The molecule has 0 heterocycles. The first-order valence-corrected chi connectivity index (χ1v) is 4.07. The van der Waals surface area contributed by atoms with Crippen LogP contribution in [-0.4, -0.2) is 18.9 Å². The van der Waals surface area contributed by atoms with Gasteiger partial charge in [-0.15, -0.1) is 0 Å². The van der Waals surface area contributed by atoms with Gasteiger partial charge in [0.25, 0.3) is 0 Å². The topological polar surface area (TPSA) is 52.3 Å². The van der Waals surface area contributed by atoms with Crippen molar-refractivity contribution < 1.29 is 13.9 Å².